The number of fused-ring (bicyclic) bond motifs is 2. The minimum atomic E-state index is -0.127. The molecular formula is C19H20N4. The third kappa shape index (κ3) is 2.23. The molecule has 4 aromatic rings. The Morgan fingerprint density at radius 2 is 1.70 bits per heavy atom. The van der Waals surface area contributed by atoms with E-state index in [1.165, 1.54) is 16.5 Å². The van der Waals surface area contributed by atoms with Crippen molar-refractivity contribution < 1.29 is 0 Å². The summed E-state index contributed by atoms with van der Waals surface area (Å²) in [6, 6.07) is 16.5. The van der Waals surface area contributed by atoms with Gasteiger partial charge in [-0.2, -0.15) is 0 Å². The van der Waals surface area contributed by atoms with Crippen LogP contribution in [0.15, 0.2) is 54.7 Å². The standard InChI is InChI=1S/C19H20N4/c1-22-12-13(14-7-3-5-9-17(14)22)11-15(20)19-21-16-8-4-6-10-18(16)23(19)2/h3-10,12,15H,11,20H2,1-2H3/t15-/m0/s1. The maximum Gasteiger partial charge on any atom is 0.126 e. The van der Waals surface area contributed by atoms with E-state index < -0.39 is 0 Å². The molecule has 2 aromatic carbocycles. The van der Waals surface area contributed by atoms with Gasteiger partial charge in [-0.1, -0.05) is 30.3 Å². The Morgan fingerprint density at radius 3 is 2.48 bits per heavy atom. The van der Waals surface area contributed by atoms with E-state index in [-0.39, 0.29) is 6.04 Å². The zero-order chi connectivity index (χ0) is 16.0. The van der Waals surface area contributed by atoms with Gasteiger partial charge in [-0.3, -0.25) is 0 Å². The number of hydrogen-bond donors (Lipinski definition) is 1. The van der Waals surface area contributed by atoms with Crippen molar-refractivity contribution in [3.8, 4) is 0 Å². The molecular weight excluding hydrogens is 284 g/mol. The highest BCUT2D eigenvalue weighted by molar-refractivity contribution is 5.84. The van der Waals surface area contributed by atoms with E-state index in [4.69, 9.17) is 10.7 Å². The van der Waals surface area contributed by atoms with Gasteiger partial charge in [0.15, 0.2) is 0 Å². The molecule has 2 aromatic heterocycles. The molecule has 0 unspecified atom stereocenters. The lowest BCUT2D eigenvalue weighted by molar-refractivity contribution is 0.639. The summed E-state index contributed by atoms with van der Waals surface area (Å²) in [6.07, 6.45) is 2.95. The van der Waals surface area contributed by atoms with Crippen LogP contribution in [0, 0.1) is 0 Å². The molecule has 0 saturated carbocycles. The molecule has 0 aliphatic rings. The predicted molar refractivity (Wildman–Crippen MR) is 94.3 cm³/mol. The zero-order valence-electron chi connectivity index (χ0n) is 13.4. The summed E-state index contributed by atoms with van der Waals surface area (Å²) in [5.74, 6) is 0.930. The van der Waals surface area contributed by atoms with Crippen LogP contribution in [0.1, 0.15) is 17.4 Å². The molecule has 0 amide bonds. The third-order valence-corrected chi connectivity index (χ3v) is 4.57. The molecule has 4 rings (SSSR count). The molecule has 2 heterocycles. The van der Waals surface area contributed by atoms with Gasteiger partial charge in [-0.25, -0.2) is 4.98 Å². The SMILES string of the molecule is Cn1cc(C[C@H](N)c2nc3ccccc3n2C)c2ccccc21. The number of nitrogens with two attached hydrogens (primary N) is 1. The van der Waals surface area contributed by atoms with E-state index >= 15 is 0 Å². The van der Waals surface area contributed by atoms with Gasteiger partial charge in [0.05, 0.1) is 17.1 Å². The average molecular weight is 304 g/mol. The zero-order valence-corrected chi connectivity index (χ0v) is 13.4. The lowest BCUT2D eigenvalue weighted by Crippen LogP contribution is -2.17. The number of benzene rings is 2. The summed E-state index contributed by atoms with van der Waals surface area (Å²) >= 11 is 0. The Hall–Kier alpha value is -2.59. The summed E-state index contributed by atoms with van der Waals surface area (Å²) < 4.78 is 4.26. The van der Waals surface area contributed by atoms with Gasteiger partial charge in [0.1, 0.15) is 5.82 Å². The number of hydrogen-bond acceptors (Lipinski definition) is 2. The van der Waals surface area contributed by atoms with Gasteiger partial charge in [0.25, 0.3) is 0 Å². The van der Waals surface area contributed by atoms with Crippen LogP contribution in [0.4, 0.5) is 0 Å². The smallest absolute Gasteiger partial charge is 0.126 e. The summed E-state index contributed by atoms with van der Waals surface area (Å²) in [6.45, 7) is 0. The van der Waals surface area contributed by atoms with E-state index in [1.807, 2.05) is 25.2 Å². The number of aromatic nitrogens is 3. The van der Waals surface area contributed by atoms with Crippen molar-refractivity contribution in [1.82, 2.24) is 14.1 Å². The number of aryl methyl sites for hydroxylation is 2. The van der Waals surface area contributed by atoms with Crippen LogP contribution in [-0.2, 0) is 20.5 Å². The van der Waals surface area contributed by atoms with Crippen LogP contribution in [0.25, 0.3) is 21.9 Å². The number of nitrogens with zero attached hydrogens (tertiary/aromatic N) is 3. The number of imidazole rings is 1. The van der Waals surface area contributed by atoms with E-state index in [9.17, 15) is 0 Å². The van der Waals surface area contributed by atoms with Gasteiger partial charge in [0, 0.05) is 31.2 Å². The summed E-state index contributed by atoms with van der Waals surface area (Å²) in [7, 11) is 4.11. The van der Waals surface area contributed by atoms with Crippen molar-refractivity contribution in [2.24, 2.45) is 19.8 Å². The van der Waals surface area contributed by atoms with E-state index in [2.05, 4.69) is 52.7 Å². The first-order valence-electron chi connectivity index (χ1n) is 7.85. The van der Waals surface area contributed by atoms with Gasteiger partial charge in [-0.05, 0) is 30.2 Å². The first-order valence-corrected chi connectivity index (χ1v) is 7.85. The second-order valence-corrected chi connectivity index (χ2v) is 6.11. The van der Waals surface area contributed by atoms with Crippen molar-refractivity contribution in [1.29, 1.82) is 0 Å². The highest BCUT2D eigenvalue weighted by atomic mass is 15.1. The van der Waals surface area contributed by atoms with Crippen molar-refractivity contribution in [3.63, 3.8) is 0 Å². The molecule has 23 heavy (non-hydrogen) atoms. The fourth-order valence-corrected chi connectivity index (χ4v) is 3.41. The van der Waals surface area contributed by atoms with Crippen LogP contribution < -0.4 is 5.73 Å². The average Bonchev–Trinajstić information content (AvgIpc) is 3.07. The van der Waals surface area contributed by atoms with E-state index in [1.54, 1.807) is 0 Å². The fourth-order valence-electron chi connectivity index (χ4n) is 3.41. The normalized spacial score (nSPS) is 13.0. The predicted octanol–water partition coefficient (Wildman–Crippen LogP) is 3.31. The van der Waals surface area contributed by atoms with Crippen molar-refractivity contribution >= 4 is 21.9 Å². The molecule has 4 heteroatoms. The number of rotatable bonds is 3. The molecule has 2 N–H and O–H groups in total. The van der Waals surface area contributed by atoms with Gasteiger partial charge >= 0.3 is 0 Å². The van der Waals surface area contributed by atoms with Crippen molar-refractivity contribution in [3.05, 3.63) is 66.1 Å². The molecule has 0 spiro atoms. The minimum absolute atomic E-state index is 0.127. The lowest BCUT2D eigenvalue weighted by atomic mass is 10.1. The van der Waals surface area contributed by atoms with Crippen LogP contribution in [0.5, 0.6) is 0 Å². The largest absolute Gasteiger partial charge is 0.350 e. The van der Waals surface area contributed by atoms with Crippen LogP contribution in [0.2, 0.25) is 0 Å². The van der Waals surface area contributed by atoms with Crippen LogP contribution in [-0.4, -0.2) is 14.1 Å². The molecule has 4 nitrogen and oxygen atoms in total. The highest BCUT2D eigenvalue weighted by Crippen LogP contribution is 2.26. The van der Waals surface area contributed by atoms with Crippen LogP contribution in [0.3, 0.4) is 0 Å². The highest BCUT2D eigenvalue weighted by Gasteiger charge is 2.17. The summed E-state index contributed by atoms with van der Waals surface area (Å²) in [5.41, 5.74) is 11.1. The van der Waals surface area contributed by atoms with Gasteiger partial charge < -0.3 is 14.9 Å². The Bertz CT molecular complexity index is 993. The first-order chi connectivity index (χ1) is 11.1. The third-order valence-electron chi connectivity index (χ3n) is 4.57. The minimum Gasteiger partial charge on any atom is -0.350 e. The summed E-state index contributed by atoms with van der Waals surface area (Å²) in [4.78, 5) is 4.73. The molecule has 0 aliphatic heterocycles. The fraction of sp³-hybridized carbons (Fsp3) is 0.211. The quantitative estimate of drug-likeness (QED) is 0.631. The maximum atomic E-state index is 6.50. The Balaban J connectivity index is 1.73. The van der Waals surface area contributed by atoms with Crippen molar-refractivity contribution in [2.45, 2.75) is 12.5 Å². The molecule has 0 saturated heterocycles. The molecule has 0 radical (unpaired) electrons. The molecule has 0 fully saturated rings. The van der Waals surface area contributed by atoms with E-state index in [0.29, 0.717) is 0 Å². The Labute approximate surface area is 135 Å². The van der Waals surface area contributed by atoms with Gasteiger partial charge in [0.2, 0.25) is 0 Å². The Kier molecular flexibility index (Phi) is 3.20. The van der Waals surface area contributed by atoms with Crippen LogP contribution >= 0.6 is 0 Å². The lowest BCUT2D eigenvalue weighted by Gasteiger charge is -2.11. The van der Waals surface area contributed by atoms with E-state index in [0.717, 1.165) is 23.3 Å². The Morgan fingerprint density at radius 1 is 1.00 bits per heavy atom. The first kappa shape index (κ1) is 14.0. The maximum absolute atomic E-state index is 6.50. The topological polar surface area (TPSA) is 48.8 Å². The summed E-state index contributed by atoms with van der Waals surface area (Å²) in [5, 5.41) is 1.27. The molecule has 0 aliphatic carbocycles. The second-order valence-electron chi connectivity index (χ2n) is 6.11. The second kappa shape index (κ2) is 5.25. The van der Waals surface area contributed by atoms with Crippen molar-refractivity contribution in [2.75, 3.05) is 0 Å². The monoisotopic (exact) mass is 304 g/mol. The molecule has 116 valence electrons. The molecule has 0 bridgehead atoms. The van der Waals surface area contributed by atoms with Gasteiger partial charge in [-0.15, -0.1) is 0 Å². The molecule has 1 atom stereocenters. The number of para-hydroxylation sites is 3.